The van der Waals surface area contributed by atoms with E-state index in [9.17, 15) is 4.39 Å². The van der Waals surface area contributed by atoms with E-state index >= 15 is 0 Å². The van der Waals surface area contributed by atoms with Gasteiger partial charge in [-0.25, -0.2) is 4.39 Å². The van der Waals surface area contributed by atoms with Gasteiger partial charge in [-0.15, -0.1) is 0 Å². The Bertz CT molecular complexity index is 288. The monoisotopic (exact) mass is 181 g/mol. The molecule has 0 atom stereocenters. The molecular formula is C10H12FNO. The van der Waals surface area contributed by atoms with E-state index in [2.05, 4.69) is 5.16 Å². The molecule has 0 radical (unpaired) electrons. The Hall–Kier alpha value is -1.38. The molecule has 13 heavy (non-hydrogen) atoms. The van der Waals surface area contributed by atoms with Crippen LogP contribution in [0.4, 0.5) is 4.39 Å². The number of hydrogen-bond donors (Lipinski definition) is 0. The molecule has 1 rings (SSSR count). The van der Waals surface area contributed by atoms with Crippen LogP contribution >= 0.6 is 0 Å². The summed E-state index contributed by atoms with van der Waals surface area (Å²) in [6.07, 6.45) is 0. The molecule has 1 aromatic rings. The molecule has 0 aromatic heterocycles. The van der Waals surface area contributed by atoms with E-state index in [0.29, 0.717) is 6.61 Å². The van der Waals surface area contributed by atoms with Gasteiger partial charge in [-0.05, 0) is 31.5 Å². The van der Waals surface area contributed by atoms with E-state index in [1.807, 2.05) is 13.8 Å². The first-order chi connectivity index (χ1) is 6.18. The van der Waals surface area contributed by atoms with E-state index in [4.69, 9.17) is 4.84 Å². The minimum atomic E-state index is -0.237. The Kier molecular flexibility index (Phi) is 3.43. The normalized spacial score (nSPS) is 9.46. The van der Waals surface area contributed by atoms with Crippen LogP contribution in [0.1, 0.15) is 19.4 Å². The summed E-state index contributed by atoms with van der Waals surface area (Å²) in [5, 5.41) is 3.77. The topological polar surface area (TPSA) is 21.6 Å². The molecule has 0 heterocycles. The van der Waals surface area contributed by atoms with Crippen molar-refractivity contribution in [1.29, 1.82) is 0 Å². The van der Waals surface area contributed by atoms with E-state index in [-0.39, 0.29) is 5.82 Å². The van der Waals surface area contributed by atoms with Crippen molar-refractivity contribution in [1.82, 2.24) is 0 Å². The Morgan fingerprint density at radius 3 is 2.46 bits per heavy atom. The van der Waals surface area contributed by atoms with Gasteiger partial charge in [-0.2, -0.15) is 0 Å². The standard InChI is InChI=1S/C10H12FNO/c1-8(2)12-13-7-9-3-5-10(11)6-4-9/h3-6H,7H2,1-2H3. The molecule has 0 amide bonds. The van der Waals surface area contributed by atoms with Crippen LogP contribution < -0.4 is 0 Å². The SMILES string of the molecule is CC(C)=NOCc1ccc(F)cc1. The number of hydrogen-bond acceptors (Lipinski definition) is 2. The van der Waals surface area contributed by atoms with Crippen molar-refractivity contribution in [3.05, 3.63) is 35.6 Å². The average Bonchev–Trinajstić information content (AvgIpc) is 2.08. The highest BCUT2D eigenvalue weighted by Gasteiger charge is 1.93. The lowest BCUT2D eigenvalue weighted by Crippen LogP contribution is -1.89. The van der Waals surface area contributed by atoms with Gasteiger partial charge >= 0.3 is 0 Å². The number of halogens is 1. The highest BCUT2D eigenvalue weighted by atomic mass is 19.1. The second-order valence-corrected chi connectivity index (χ2v) is 2.94. The molecule has 0 fully saturated rings. The maximum absolute atomic E-state index is 12.5. The van der Waals surface area contributed by atoms with Crippen LogP contribution in [-0.4, -0.2) is 5.71 Å². The quantitative estimate of drug-likeness (QED) is 0.519. The molecule has 0 saturated heterocycles. The van der Waals surface area contributed by atoms with Crippen molar-refractivity contribution in [2.75, 3.05) is 0 Å². The summed E-state index contributed by atoms with van der Waals surface area (Å²) >= 11 is 0. The van der Waals surface area contributed by atoms with Gasteiger partial charge in [-0.3, -0.25) is 0 Å². The molecule has 0 spiro atoms. The molecule has 3 heteroatoms. The number of rotatable bonds is 3. The van der Waals surface area contributed by atoms with Crippen molar-refractivity contribution in [2.24, 2.45) is 5.16 Å². The first-order valence-electron chi connectivity index (χ1n) is 4.06. The lowest BCUT2D eigenvalue weighted by Gasteiger charge is -1.99. The van der Waals surface area contributed by atoms with E-state index in [0.717, 1.165) is 11.3 Å². The van der Waals surface area contributed by atoms with Crippen LogP contribution in [0.2, 0.25) is 0 Å². The zero-order valence-corrected chi connectivity index (χ0v) is 7.75. The summed E-state index contributed by atoms with van der Waals surface area (Å²) in [7, 11) is 0. The van der Waals surface area contributed by atoms with Crippen molar-refractivity contribution in [2.45, 2.75) is 20.5 Å². The molecule has 0 saturated carbocycles. The van der Waals surface area contributed by atoms with Gasteiger partial charge in [-0.1, -0.05) is 17.3 Å². The zero-order valence-electron chi connectivity index (χ0n) is 7.75. The lowest BCUT2D eigenvalue weighted by atomic mass is 10.2. The first-order valence-corrected chi connectivity index (χ1v) is 4.06. The Balaban J connectivity index is 2.46. The molecule has 1 aromatic carbocycles. The first kappa shape index (κ1) is 9.71. The van der Waals surface area contributed by atoms with Crippen molar-refractivity contribution in [3.8, 4) is 0 Å². The van der Waals surface area contributed by atoms with Gasteiger partial charge < -0.3 is 4.84 Å². The van der Waals surface area contributed by atoms with E-state index < -0.39 is 0 Å². The largest absolute Gasteiger partial charge is 0.391 e. The summed E-state index contributed by atoms with van der Waals surface area (Å²) in [6.45, 7) is 4.08. The second-order valence-electron chi connectivity index (χ2n) is 2.94. The fourth-order valence-corrected chi connectivity index (χ4v) is 0.817. The van der Waals surface area contributed by atoms with Gasteiger partial charge in [0.15, 0.2) is 0 Å². The maximum atomic E-state index is 12.5. The highest BCUT2D eigenvalue weighted by Crippen LogP contribution is 2.04. The minimum Gasteiger partial charge on any atom is -0.391 e. The predicted octanol–water partition coefficient (Wildman–Crippen LogP) is 2.74. The Morgan fingerprint density at radius 2 is 1.92 bits per heavy atom. The van der Waals surface area contributed by atoms with Crippen LogP contribution in [0.5, 0.6) is 0 Å². The van der Waals surface area contributed by atoms with Crippen LogP contribution in [0.25, 0.3) is 0 Å². The van der Waals surface area contributed by atoms with Crippen LogP contribution in [-0.2, 0) is 11.4 Å². The molecule has 0 bridgehead atoms. The second kappa shape index (κ2) is 4.60. The van der Waals surface area contributed by atoms with Gasteiger partial charge in [0.05, 0.1) is 5.71 Å². The molecule has 2 nitrogen and oxygen atoms in total. The fourth-order valence-electron chi connectivity index (χ4n) is 0.817. The Labute approximate surface area is 77.0 Å². The molecule has 0 aliphatic heterocycles. The summed E-state index contributed by atoms with van der Waals surface area (Å²) in [5.74, 6) is -0.237. The van der Waals surface area contributed by atoms with E-state index in [1.165, 1.54) is 12.1 Å². The van der Waals surface area contributed by atoms with Crippen molar-refractivity contribution in [3.63, 3.8) is 0 Å². The number of nitrogens with zero attached hydrogens (tertiary/aromatic N) is 1. The summed E-state index contributed by atoms with van der Waals surface area (Å²) in [5.41, 5.74) is 1.77. The van der Waals surface area contributed by atoms with Crippen LogP contribution in [0, 0.1) is 5.82 Å². The molecule has 0 unspecified atom stereocenters. The van der Waals surface area contributed by atoms with Gasteiger partial charge in [0, 0.05) is 0 Å². The maximum Gasteiger partial charge on any atom is 0.142 e. The third-order valence-corrected chi connectivity index (χ3v) is 1.39. The van der Waals surface area contributed by atoms with Crippen LogP contribution in [0.15, 0.2) is 29.4 Å². The molecule has 0 N–H and O–H groups in total. The molecule has 0 aliphatic rings. The highest BCUT2D eigenvalue weighted by molar-refractivity contribution is 5.78. The average molecular weight is 181 g/mol. The molecule has 70 valence electrons. The third-order valence-electron chi connectivity index (χ3n) is 1.39. The molecule has 0 aliphatic carbocycles. The number of benzene rings is 1. The smallest absolute Gasteiger partial charge is 0.142 e. The van der Waals surface area contributed by atoms with Gasteiger partial charge in [0.25, 0.3) is 0 Å². The van der Waals surface area contributed by atoms with E-state index in [1.54, 1.807) is 12.1 Å². The summed E-state index contributed by atoms with van der Waals surface area (Å²) in [6, 6.07) is 6.16. The zero-order chi connectivity index (χ0) is 9.68. The lowest BCUT2D eigenvalue weighted by molar-refractivity contribution is 0.130. The van der Waals surface area contributed by atoms with Gasteiger partial charge in [0.1, 0.15) is 12.4 Å². The number of oxime groups is 1. The fraction of sp³-hybridized carbons (Fsp3) is 0.300. The predicted molar refractivity (Wildman–Crippen MR) is 50.0 cm³/mol. The van der Waals surface area contributed by atoms with Gasteiger partial charge in [0.2, 0.25) is 0 Å². The minimum absolute atomic E-state index is 0.237. The Morgan fingerprint density at radius 1 is 1.31 bits per heavy atom. The molecular weight excluding hydrogens is 169 g/mol. The van der Waals surface area contributed by atoms with Crippen molar-refractivity contribution < 1.29 is 9.23 Å². The van der Waals surface area contributed by atoms with Crippen molar-refractivity contribution >= 4 is 5.71 Å². The summed E-state index contributed by atoms with van der Waals surface area (Å²) in [4.78, 5) is 4.99. The van der Waals surface area contributed by atoms with Crippen LogP contribution in [0.3, 0.4) is 0 Å². The summed E-state index contributed by atoms with van der Waals surface area (Å²) < 4.78 is 12.5. The third kappa shape index (κ3) is 3.69.